The Kier molecular flexibility index (Phi) is 7.74. The summed E-state index contributed by atoms with van der Waals surface area (Å²) in [5, 5.41) is 3.56. The molecule has 2 aliphatic rings. The molecule has 40 heavy (non-hydrogen) atoms. The zero-order valence-electron chi connectivity index (χ0n) is 23.3. The predicted molar refractivity (Wildman–Crippen MR) is 155 cm³/mol. The van der Waals surface area contributed by atoms with Crippen molar-refractivity contribution in [1.29, 1.82) is 0 Å². The molecule has 7 nitrogen and oxygen atoms in total. The molecule has 206 valence electrons. The lowest BCUT2D eigenvalue weighted by Gasteiger charge is -2.35. The lowest BCUT2D eigenvalue weighted by molar-refractivity contribution is -0.119. The van der Waals surface area contributed by atoms with Crippen LogP contribution in [0.5, 0.6) is 5.75 Å². The normalized spacial score (nSPS) is 18.4. The summed E-state index contributed by atoms with van der Waals surface area (Å²) < 4.78 is 10.2. The van der Waals surface area contributed by atoms with E-state index in [-0.39, 0.29) is 23.5 Å². The van der Waals surface area contributed by atoms with Crippen molar-refractivity contribution in [2.75, 3.05) is 24.4 Å². The van der Waals surface area contributed by atoms with Crippen LogP contribution in [0.25, 0.3) is 0 Å². The molecule has 0 radical (unpaired) electrons. The van der Waals surface area contributed by atoms with Crippen molar-refractivity contribution < 1.29 is 23.9 Å². The van der Waals surface area contributed by atoms with Gasteiger partial charge in [0.15, 0.2) is 5.78 Å². The van der Waals surface area contributed by atoms with Crippen molar-refractivity contribution in [3.05, 3.63) is 101 Å². The minimum atomic E-state index is -0.645. The van der Waals surface area contributed by atoms with Crippen molar-refractivity contribution in [3.8, 4) is 5.75 Å². The maximum atomic E-state index is 14.1. The fraction of sp³-hybridized carbons (Fsp3) is 0.303. The number of para-hydroxylation sites is 2. The van der Waals surface area contributed by atoms with Gasteiger partial charge in [-0.1, -0.05) is 50.2 Å². The second-order valence-corrected chi connectivity index (χ2v) is 10.7. The first-order valence-corrected chi connectivity index (χ1v) is 13.6. The number of anilines is 2. The molecule has 3 aromatic carbocycles. The van der Waals surface area contributed by atoms with Gasteiger partial charge in [-0.3, -0.25) is 14.5 Å². The average molecular weight is 539 g/mol. The summed E-state index contributed by atoms with van der Waals surface area (Å²) in [6, 6.07) is 21.9. The molecule has 0 fully saturated rings. The molecule has 1 aliphatic heterocycles. The number of methoxy groups -OCH3 is 2. The summed E-state index contributed by atoms with van der Waals surface area (Å²) >= 11 is 0. The van der Waals surface area contributed by atoms with Gasteiger partial charge >= 0.3 is 5.97 Å². The van der Waals surface area contributed by atoms with Gasteiger partial charge in [0.2, 0.25) is 5.91 Å². The van der Waals surface area contributed by atoms with Crippen LogP contribution in [0.4, 0.5) is 11.4 Å². The number of fused-ring (bicyclic) bond motifs is 1. The number of ketones is 1. The molecule has 7 heteroatoms. The highest BCUT2D eigenvalue weighted by atomic mass is 16.5. The van der Waals surface area contributed by atoms with Crippen LogP contribution >= 0.6 is 0 Å². The Balaban J connectivity index is 1.66. The number of allylic oxidation sites excluding steroid dienone is 1. The number of nitrogens with one attached hydrogen (secondary N) is 1. The largest absolute Gasteiger partial charge is 0.497 e. The zero-order chi connectivity index (χ0) is 28.4. The monoisotopic (exact) mass is 538 g/mol. The van der Waals surface area contributed by atoms with Crippen molar-refractivity contribution >= 4 is 29.0 Å². The summed E-state index contributed by atoms with van der Waals surface area (Å²) in [4.78, 5) is 41.9. The van der Waals surface area contributed by atoms with Crippen LogP contribution in [0.3, 0.4) is 0 Å². The van der Waals surface area contributed by atoms with Crippen LogP contribution in [0, 0.1) is 5.92 Å². The summed E-state index contributed by atoms with van der Waals surface area (Å²) in [5.41, 5.74) is 5.12. The highest BCUT2D eigenvalue weighted by Crippen LogP contribution is 2.47. The van der Waals surface area contributed by atoms with E-state index in [9.17, 15) is 14.4 Å². The maximum Gasteiger partial charge on any atom is 0.337 e. The van der Waals surface area contributed by atoms with E-state index in [1.54, 1.807) is 24.1 Å². The van der Waals surface area contributed by atoms with Gasteiger partial charge in [-0.2, -0.15) is 0 Å². The molecule has 5 rings (SSSR count). The van der Waals surface area contributed by atoms with E-state index in [1.165, 1.54) is 7.11 Å². The number of hydrogen-bond donors (Lipinski definition) is 1. The molecule has 1 N–H and O–H groups in total. The fourth-order valence-electron chi connectivity index (χ4n) is 5.66. The number of nitrogens with zero attached hydrogens (tertiary/aromatic N) is 1. The molecule has 2 atom stereocenters. The molecular weight excluding hydrogens is 504 g/mol. The summed E-state index contributed by atoms with van der Waals surface area (Å²) in [6.45, 7) is 4.02. The van der Waals surface area contributed by atoms with Gasteiger partial charge in [-0.25, -0.2) is 4.79 Å². The lowest BCUT2D eigenvalue weighted by Crippen LogP contribution is -2.39. The van der Waals surface area contributed by atoms with Crippen molar-refractivity contribution in [3.63, 3.8) is 0 Å². The van der Waals surface area contributed by atoms with Gasteiger partial charge in [-0.05, 0) is 65.8 Å². The molecule has 1 amide bonds. The van der Waals surface area contributed by atoms with Gasteiger partial charge in [0.25, 0.3) is 0 Å². The highest BCUT2D eigenvalue weighted by molar-refractivity contribution is 6.06. The molecule has 0 spiro atoms. The minimum absolute atomic E-state index is 0.00762. The Morgan fingerprint density at radius 1 is 0.925 bits per heavy atom. The topological polar surface area (TPSA) is 84.9 Å². The quantitative estimate of drug-likeness (QED) is 0.364. The number of benzene rings is 3. The Hall–Kier alpha value is -4.39. The van der Waals surface area contributed by atoms with E-state index in [1.807, 2.05) is 74.5 Å². The van der Waals surface area contributed by atoms with Crippen LogP contribution in [0.15, 0.2) is 84.1 Å². The molecule has 1 heterocycles. The summed E-state index contributed by atoms with van der Waals surface area (Å²) in [6.07, 6.45) is 1.27. The van der Waals surface area contributed by atoms with Gasteiger partial charge in [0.1, 0.15) is 5.75 Å². The van der Waals surface area contributed by atoms with Crippen molar-refractivity contribution in [2.45, 2.75) is 45.1 Å². The molecule has 3 aromatic rings. The average Bonchev–Trinajstić information content (AvgIpc) is 3.11. The Bertz CT molecular complexity index is 1460. The number of rotatable bonds is 6. The van der Waals surface area contributed by atoms with Crippen molar-refractivity contribution in [1.82, 2.24) is 0 Å². The van der Waals surface area contributed by atoms with E-state index in [4.69, 9.17) is 9.47 Å². The third kappa shape index (κ3) is 5.24. The van der Waals surface area contributed by atoms with E-state index in [0.717, 1.165) is 33.9 Å². The van der Waals surface area contributed by atoms with Crippen molar-refractivity contribution in [2.24, 2.45) is 5.92 Å². The number of carbonyl (C=O) groups is 3. The fourth-order valence-corrected chi connectivity index (χ4v) is 5.66. The van der Waals surface area contributed by atoms with Crippen LogP contribution in [0.2, 0.25) is 0 Å². The molecule has 1 aliphatic carbocycles. The van der Waals surface area contributed by atoms with E-state index >= 15 is 0 Å². The smallest absolute Gasteiger partial charge is 0.337 e. The number of amides is 1. The van der Waals surface area contributed by atoms with Crippen LogP contribution in [0.1, 0.15) is 66.6 Å². The standard InChI is InChI=1S/C33H34N2O5/c1-20(2)17-30(37)35-28-8-6-5-7-26(28)34-27-18-24(21-13-15-25(39-3)16-14-21)19-29(36)31(27)32(35)22-9-11-23(12-10-22)33(38)40-4/h5-16,20,24,32,34H,17-19H2,1-4H3/t24-,32-/m0/s1. The Morgan fingerprint density at radius 3 is 2.25 bits per heavy atom. The predicted octanol–water partition coefficient (Wildman–Crippen LogP) is 6.43. The van der Waals surface area contributed by atoms with Crippen LogP contribution in [-0.2, 0) is 14.3 Å². The first-order chi connectivity index (χ1) is 19.3. The molecular formula is C33H34N2O5. The van der Waals surface area contributed by atoms with Crippen LogP contribution in [-0.4, -0.2) is 31.9 Å². The number of carbonyl (C=O) groups excluding carboxylic acids is 3. The molecule has 0 unspecified atom stereocenters. The molecule has 0 saturated carbocycles. The molecule has 0 bridgehead atoms. The second-order valence-electron chi connectivity index (χ2n) is 10.7. The van der Waals surface area contributed by atoms with Gasteiger partial charge in [-0.15, -0.1) is 0 Å². The summed E-state index contributed by atoms with van der Waals surface area (Å²) in [5.74, 6) is 0.368. The maximum absolute atomic E-state index is 14.1. The first kappa shape index (κ1) is 27.2. The second kappa shape index (κ2) is 11.4. The van der Waals surface area contributed by atoms with Crippen LogP contribution < -0.4 is 15.0 Å². The van der Waals surface area contributed by atoms with E-state index in [2.05, 4.69) is 5.32 Å². The third-order valence-electron chi connectivity index (χ3n) is 7.57. The number of hydrogen-bond acceptors (Lipinski definition) is 6. The van der Waals surface area contributed by atoms with Gasteiger partial charge < -0.3 is 14.8 Å². The van der Waals surface area contributed by atoms with E-state index < -0.39 is 12.0 Å². The Morgan fingerprint density at radius 2 is 1.60 bits per heavy atom. The zero-order valence-corrected chi connectivity index (χ0v) is 23.3. The number of esters is 1. The number of ether oxygens (including phenoxy) is 2. The molecule has 0 aromatic heterocycles. The highest BCUT2D eigenvalue weighted by Gasteiger charge is 2.41. The third-order valence-corrected chi connectivity index (χ3v) is 7.57. The lowest BCUT2D eigenvalue weighted by atomic mass is 9.78. The van der Waals surface area contributed by atoms with E-state index in [0.29, 0.717) is 30.4 Å². The first-order valence-electron chi connectivity index (χ1n) is 13.6. The number of Topliss-reactive ketones (excluding diaryl/α,β-unsaturated/α-hetero) is 1. The summed E-state index contributed by atoms with van der Waals surface area (Å²) in [7, 11) is 2.97. The minimum Gasteiger partial charge on any atom is -0.497 e. The van der Waals surface area contributed by atoms with Gasteiger partial charge in [0.05, 0.1) is 37.2 Å². The Labute approximate surface area is 234 Å². The SMILES string of the molecule is COC(=O)c1ccc([C@H]2C3=C(C[C@H](c4ccc(OC)cc4)CC3=O)Nc3ccccc3N2C(=O)CC(C)C)cc1. The van der Waals surface area contributed by atoms with Gasteiger partial charge in [0, 0.05) is 24.1 Å². The molecule has 0 saturated heterocycles.